The van der Waals surface area contributed by atoms with Crippen LogP contribution >= 0.6 is 0 Å². The van der Waals surface area contributed by atoms with E-state index in [4.69, 9.17) is 4.74 Å². The molecule has 0 rings (SSSR count). The predicted octanol–water partition coefficient (Wildman–Crippen LogP) is 2.04. The van der Waals surface area contributed by atoms with Gasteiger partial charge in [0.25, 0.3) is 0 Å². The molecule has 0 N–H and O–H groups in total. The minimum Gasteiger partial charge on any atom is -0.504 e. The molecule has 12 heteroatoms. The number of ether oxygens (including phenoxy) is 6. The highest BCUT2D eigenvalue weighted by atomic mass is 16.7. The van der Waals surface area contributed by atoms with Crippen molar-refractivity contribution >= 4 is 35.3 Å². The predicted molar refractivity (Wildman–Crippen MR) is 120 cm³/mol. The zero-order chi connectivity index (χ0) is 26.6. The van der Waals surface area contributed by atoms with Gasteiger partial charge in [-0.05, 0) is 13.8 Å². The van der Waals surface area contributed by atoms with Crippen LogP contribution in [0.3, 0.4) is 0 Å². The molecule has 34 heavy (non-hydrogen) atoms. The molecule has 0 aromatic carbocycles. The lowest BCUT2D eigenvalue weighted by molar-refractivity contribution is -0.203. The van der Waals surface area contributed by atoms with E-state index in [1.54, 1.807) is 0 Å². The van der Waals surface area contributed by atoms with E-state index in [1.807, 2.05) is 0 Å². The van der Waals surface area contributed by atoms with E-state index in [9.17, 15) is 28.8 Å². The third kappa shape index (κ3) is 24.7. The smallest absolute Gasteiger partial charge is 0.308 e. The van der Waals surface area contributed by atoms with Crippen LogP contribution in [0.25, 0.3) is 0 Å². The average Bonchev–Trinajstić information content (AvgIpc) is 2.68. The Morgan fingerprint density at radius 3 is 1.44 bits per heavy atom. The molecule has 0 saturated heterocycles. The normalized spacial score (nSPS) is 11.5. The standard InChI is InChI=1S/C9H14O6.C7H10O4.C5H8O2.CH4/c1-5(10)8(14-6(2)11)9(13-4)15-7(3)12;1-5(8)7(4-10-3)11-6(2)9;1-5(6)3-4-7-2;/h8-9H,1-4H3;4H,1-3H3;3-4H,1-2H3;1H4/b;7-4-;4-3+;. The van der Waals surface area contributed by atoms with E-state index in [1.165, 1.54) is 61.4 Å². The molecule has 12 nitrogen and oxygen atoms in total. The summed E-state index contributed by atoms with van der Waals surface area (Å²) in [5, 5.41) is 0. The molecule has 0 bridgehead atoms. The number of carbonyl (C=O) groups is 6. The van der Waals surface area contributed by atoms with Gasteiger partial charge in [-0.1, -0.05) is 7.43 Å². The highest BCUT2D eigenvalue weighted by Gasteiger charge is 2.31. The van der Waals surface area contributed by atoms with Crippen molar-refractivity contribution in [3.05, 3.63) is 24.4 Å². The summed E-state index contributed by atoms with van der Waals surface area (Å²) in [6, 6.07) is 0. The van der Waals surface area contributed by atoms with Crippen LogP contribution in [0.1, 0.15) is 49.0 Å². The van der Waals surface area contributed by atoms with Gasteiger partial charge >= 0.3 is 17.9 Å². The third-order valence-electron chi connectivity index (χ3n) is 2.72. The van der Waals surface area contributed by atoms with Crippen LogP contribution in [0.15, 0.2) is 24.4 Å². The number of methoxy groups -OCH3 is 3. The van der Waals surface area contributed by atoms with Crippen molar-refractivity contribution in [1.29, 1.82) is 0 Å². The van der Waals surface area contributed by atoms with Crippen LogP contribution in [0.2, 0.25) is 0 Å². The minimum absolute atomic E-state index is 0. The Morgan fingerprint density at radius 1 is 0.706 bits per heavy atom. The first-order valence-corrected chi connectivity index (χ1v) is 9.23. The number of allylic oxidation sites excluding steroid dienone is 2. The van der Waals surface area contributed by atoms with Crippen molar-refractivity contribution in [2.45, 2.75) is 61.4 Å². The summed E-state index contributed by atoms with van der Waals surface area (Å²) in [6.45, 7) is 7.49. The van der Waals surface area contributed by atoms with Crippen molar-refractivity contribution < 1.29 is 57.2 Å². The van der Waals surface area contributed by atoms with Crippen molar-refractivity contribution in [2.24, 2.45) is 0 Å². The number of ketones is 3. The first-order chi connectivity index (χ1) is 15.2. The number of Topliss-reactive ketones (excluding diaryl/α,β-unsaturated/α-hetero) is 2. The minimum atomic E-state index is -1.23. The summed E-state index contributed by atoms with van der Waals surface area (Å²) in [6.07, 6.45) is 1.37. The fourth-order valence-electron chi connectivity index (χ4n) is 1.51. The Morgan fingerprint density at radius 2 is 1.21 bits per heavy atom. The van der Waals surface area contributed by atoms with Gasteiger partial charge in [0.05, 0.1) is 20.5 Å². The van der Waals surface area contributed by atoms with E-state index in [0.29, 0.717) is 0 Å². The first kappa shape index (κ1) is 37.8. The molecule has 0 fully saturated rings. The molecule has 2 unspecified atom stereocenters. The van der Waals surface area contributed by atoms with Gasteiger partial charge in [0.1, 0.15) is 6.26 Å². The van der Waals surface area contributed by atoms with Gasteiger partial charge in [0, 0.05) is 40.9 Å². The highest BCUT2D eigenvalue weighted by Crippen LogP contribution is 2.07. The van der Waals surface area contributed by atoms with Gasteiger partial charge in [-0.2, -0.15) is 0 Å². The van der Waals surface area contributed by atoms with Gasteiger partial charge in [0.15, 0.2) is 17.3 Å². The molecule has 0 radical (unpaired) electrons. The third-order valence-corrected chi connectivity index (χ3v) is 2.72. The lowest BCUT2D eigenvalue weighted by Crippen LogP contribution is -2.40. The van der Waals surface area contributed by atoms with E-state index in [2.05, 4.69) is 23.7 Å². The zero-order valence-corrected chi connectivity index (χ0v) is 20.3. The van der Waals surface area contributed by atoms with E-state index < -0.39 is 36.1 Å². The highest BCUT2D eigenvalue weighted by molar-refractivity contribution is 5.93. The molecule has 196 valence electrons. The molecule has 0 spiro atoms. The summed E-state index contributed by atoms with van der Waals surface area (Å²) in [4.78, 5) is 63.5. The Balaban J connectivity index is -0.000000209. The summed E-state index contributed by atoms with van der Waals surface area (Å²) < 4.78 is 27.5. The van der Waals surface area contributed by atoms with Crippen molar-refractivity contribution in [2.75, 3.05) is 21.3 Å². The van der Waals surface area contributed by atoms with Crippen molar-refractivity contribution in [1.82, 2.24) is 0 Å². The summed E-state index contributed by atoms with van der Waals surface area (Å²) in [5.74, 6) is -2.70. The molecule has 0 saturated carbocycles. The van der Waals surface area contributed by atoms with E-state index in [0.717, 1.165) is 20.1 Å². The van der Waals surface area contributed by atoms with Crippen LogP contribution in [0.4, 0.5) is 0 Å². The Bertz CT molecular complexity index is 721. The molecule has 2 atom stereocenters. The van der Waals surface area contributed by atoms with Gasteiger partial charge < -0.3 is 28.4 Å². The second-order valence-electron chi connectivity index (χ2n) is 5.87. The fraction of sp³-hybridized carbons (Fsp3) is 0.545. The number of hydrogen-bond acceptors (Lipinski definition) is 12. The molecule has 0 amide bonds. The Hall–Kier alpha value is -3.54. The maximum absolute atomic E-state index is 11.1. The lowest BCUT2D eigenvalue weighted by Gasteiger charge is -2.22. The Labute approximate surface area is 200 Å². The molecule has 0 aliphatic rings. The van der Waals surface area contributed by atoms with Crippen LogP contribution in [0, 0.1) is 0 Å². The average molecular weight is 493 g/mol. The van der Waals surface area contributed by atoms with Gasteiger partial charge in [-0.25, -0.2) is 0 Å². The van der Waals surface area contributed by atoms with E-state index >= 15 is 0 Å². The number of hydrogen-bond donors (Lipinski definition) is 0. The molecule has 0 heterocycles. The largest absolute Gasteiger partial charge is 0.504 e. The first-order valence-electron chi connectivity index (χ1n) is 9.23. The van der Waals surface area contributed by atoms with Gasteiger partial charge in [-0.15, -0.1) is 0 Å². The SMILES string of the molecule is C.CO/C=C(\OC(C)=O)C(C)=O.CO/C=C/C(C)=O.COC(OC(C)=O)C(OC(C)=O)C(C)=O. The summed E-state index contributed by atoms with van der Waals surface area (Å²) in [5.41, 5.74) is 0. The fourth-order valence-corrected chi connectivity index (χ4v) is 1.51. The topological polar surface area (TPSA) is 158 Å². The maximum atomic E-state index is 11.1. The maximum Gasteiger partial charge on any atom is 0.308 e. The second kappa shape index (κ2) is 22.6. The van der Waals surface area contributed by atoms with Gasteiger partial charge in [-0.3, -0.25) is 28.8 Å². The number of esters is 3. The second-order valence-corrected chi connectivity index (χ2v) is 5.87. The Kier molecular flexibility index (Phi) is 25.2. The van der Waals surface area contributed by atoms with Crippen LogP contribution in [-0.2, 0) is 57.2 Å². The lowest BCUT2D eigenvalue weighted by atomic mass is 10.2. The van der Waals surface area contributed by atoms with Gasteiger partial charge in [0.2, 0.25) is 18.2 Å². The van der Waals surface area contributed by atoms with Crippen molar-refractivity contribution in [3.63, 3.8) is 0 Å². The summed E-state index contributed by atoms with van der Waals surface area (Å²) in [7, 11) is 4.11. The molecule has 0 aliphatic heterocycles. The molecule has 0 aromatic rings. The van der Waals surface area contributed by atoms with Crippen molar-refractivity contribution in [3.8, 4) is 0 Å². The van der Waals surface area contributed by atoms with Crippen LogP contribution in [0.5, 0.6) is 0 Å². The molecular weight excluding hydrogens is 456 g/mol. The molecular formula is C22H36O12. The number of rotatable bonds is 10. The number of carbonyl (C=O) groups excluding carboxylic acids is 6. The van der Waals surface area contributed by atoms with Crippen LogP contribution in [-0.4, -0.2) is 69.0 Å². The van der Waals surface area contributed by atoms with Crippen LogP contribution < -0.4 is 0 Å². The quantitative estimate of drug-likeness (QED) is 0.144. The summed E-state index contributed by atoms with van der Waals surface area (Å²) >= 11 is 0. The monoisotopic (exact) mass is 492 g/mol. The molecule has 0 aromatic heterocycles. The zero-order valence-electron chi connectivity index (χ0n) is 20.3. The molecule has 0 aliphatic carbocycles. The van der Waals surface area contributed by atoms with E-state index in [-0.39, 0.29) is 24.8 Å².